The maximum atomic E-state index is 13.0. The molecule has 1 aliphatic rings. The van der Waals surface area contributed by atoms with Gasteiger partial charge in [-0.1, -0.05) is 50.2 Å². The van der Waals surface area contributed by atoms with Crippen LogP contribution in [-0.4, -0.2) is 52.8 Å². The Morgan fingerprint density at radius 1 is 1.15 bits per heavy atom. The van der Waals surface area contributed by atoms with Crippen molar-refractivity contribution in [3.8, 4) is 0 Å². The minimum atomic E-state index is -0.566. The van der Waals surface area contributed by atoms with Gasteiger partial charge in [0.15, 0.2) is 5.76 Å². The number of aliphatic hydroxyl groups is 1. The topological polar surface area (TPSA) is 60.9 Å². The second-order valence-electron chi connectivity index (χ2n) is 6.41. The fourth-order valence-electron chi connectivity index (χ4n) is 3.43. The summed E-state index contributed by atoms with van der Waals surface area (Å²) in [6.07, 6.45) is 0. The van der Waals surface area contributed by atoms with Crippen LogP contribution >= 0.6 is 11.3 Å². The van der Waals surface area contributed by atoms with Gasteiger partial charge in [0.05, 0.1) is 16.5 Å². The first-order chi connectivity index (χ1) is 13.1. The molecule has 27 heavy (non-hydrogen) atoms. The summed E-state index contributed by atoms with van der Waals surface area (Å²) in [6.45, 7) is 7.06. The first-order valence-corrected chi connectivity index (χ1v) is 10.1. The fourth-order valence-corrected chi connectivity index (χ4v) is 4.11. The highest BCUT2D eigenvalue weighted by molar-refractivity contribution is 7.12. The average Bonchev–Trinajstić information content (AvgIpc) is 3.31. The van der Waals surface area contributed by atoms with Crippen molar-refractivity contribution in [2.24, 2.45) is 0 Å². The number of likely N-dealkylation sites (N-methyl/N-ethyl adjacent to an activating group) is 1. The van der Waals surface area contributed by atoms with Crippen LogP contribution in [0, 0.1) is 0 Å². The van der Waals surface area contributed by atoms with E-state index in [9.17, 15) is 14.7 Å². The SMILES string of the molecule is CCN(CC)CCN1C(=O)C(O)=C(C(=O)c2cccs2)[C@@H]1c1ccccc1. The van der Waals surface area contributed by atoms with Crippen molar-refractivity contribution in [2.75, 3.05) is 26.2 Å². The van der Waals surface area contributed by atoms with Gasteiger partial charge in [-0.2, -0.15) is 0 Å². The Balaban J connectivity index is 1.98. The predicted octanol–water partition coefficient (Wildman–Crippen LogP) is 3.67. The van der Waals surface area contributed by atoms with E-state index in [1.54, 1.807) is 17.0 Å². The number of rotatable bonds is 8. The second-order valence-corrected chi connectivity index (χ2v) is 7.36. The molecular formula is C21H24N2O3S. The number of ketones is 1. The molecule has 1 aliphatic heterocycles. The maximum Gasteiger partial charge on any atom is 0.290 e. The molecule has 2 aromatic rings. The highest BCUT2D eigenvalue weighted by Gasteiger charge is 2.43. The molecule has 1 aromatic carbocycles. The van der Waals surface area contributed by atoms with Crippen molar-refractivity contribution in [1.82, 2.24) is 9.80 Å². The molecule has 6 heteroatoms. The van der Waals surface area contributed by atoms with Gasteiger partial charge in [-0.25, -0.2) is 0 Å². The number of thiophene rings is 1. The summed E-state index contributed by atoms with van der Waals surface area (Å²) >= 11 is 1.31. The first-order valence-electron chi connectivity index (χ1n) is 9.18. The summed E-state index contributed by atoms with van der Waals surface area (Å²) in [7, 11) is 0. The highest BCUT2D eigenvalue weighted by atomic mass is 32.1. The highest BCUT2D eigenvalue weighted by Crippen LogP contribution is 2.39. The maximum absolute atomic E-state index is 13.0. The standard InChI is InChI=1S/C21H24N2O3S/c1-3-22(4-2)12-13-23-18(15-9-6-5-7-10-15)17(20(25)21(23)26)19(24)16-11-8-14-27-16/h5-11,14,18,25H,3-4,12-13H2,1-2H3/t18-/m0/s1. The Kier molecular flexibility index (Phi) is 6.08. The number of carbonyl (C=O) groups excluding carboxylic acids is 2. The molecule has 1 N–H and O–H groups in total. The molecule has 0 radical (unpaired) electrons. The number of carbonyl (C=O) groups is 2. The van der Waals surface area contributed by atoms with E-state index in [1.165, 1.54) is 11.3 Å². The first kappa shape index (κ1) is 19.3. The van der Waals surface area contributed by atoms with Gasteiger partial charge in [0.1, 0.15) is 0 Å². The Bertz CT molecular complexity index is 826. The van der Waals surface area contributed by atoms with E-state index in [0.29, 0.717) is 18.0 Å². The van der Waals surface area contributed by atoms with Gasteiger partial charge in [-0.3, -0.25) is 9.59 Å². The van der Waals surface area contributed by atoms with Crippen molar-refractivity contribution in [1.29, 1.82) is 0 Å². The molecule has 0 fully saturated rings. The summed E-state index contributed by atoms with van der Waals surface area (Å²) < 4.78 is 0. The molecular weight excluding hydrogens is 360 g/mol. The molecule has 0 spiro atoms. The summed E-state index contributed by atoms with van der Waals surface area (Å²) in [4.78, 5) is 30.2. The van der Waals surface area contributed by atoms with E-state index in [1.807, 2.05) is 35.7 Å². The number of benzene rings is 1. The summed E-state index contributed by atoms with van der Waals surface area (Å²) in [6, 6.07) is 12.4. The van der Waals surface area contributed by atoms with Crippen LogP contribution in [0.3, 0.4) is 0 Å². The number of nitrogens with zero attached hydrogens (tertiary/aromatic N) is 2. The zero-order valence-corrected chi connectivity index (χ0v) is 16.4. The third kappa shape index (κ3) is 3.82. The van der Waals surface area contributed by atoms with Crippen LogP contribution in [0.25, 0.3) is 0 Å². The van der Waals surface area contributed by atoms with Crippen LogP contribution < -0.4 is 0 Å². The number of hydrogen-bond donors (Lipinski definition) is 1. The lowest BCUT2D eigenvalue weighted by Crippen LogP contribution is -2.38. The van der Waals surface area contributed by atoms with E-state index in [4.69, 9.17) is 0 Å². The van der Waals surface area contributed by atoms with Gasteiger partial charge in [0.25, 0.3) is 5.91 Å². The largest absolute Gasteiger partial charge is 0.503 e. The molecule has 0 saturated carbocycles. The lowest BCUT2D eigenvalue weighted by molar-refractivity contribution is -0.129. The number of aliphatic hydroxyl groups excluding tert-OH is 1. The van der Waals surface area contributed by atoms with E-state index in [2.05, 4.69) is 18.7 Å². The molecule has 2 heterocycles. The smallest absolute Gasteiger partial charge is 0.290 e. The molecule has 5 nitrogen and oxygen atoms in total. The lowest BCUT2D eigenvalue weighted by Gasteiger charge is -2.29. The zero-order chi connectivity index (χ0) is 19.4. The third-order valence-electron chi connectivity index (χ3n) is 4.96. The summed E-state index contributed by atoms with van der Waals surface area (Å²) in [5.74, 6) is -1.19. The van der Waals surface area contributed by atoms with Gasteiger partial charge in [0.2, 0.25) is 5.78 Å². The minimum Gasteiger partial charge on any atom is -0.503 e. The fraction of sp³-hybridized carbons (Fsp3) is 0.333. The van der Waals surface area contributed by atoms with Gasteiger partial charge in [-0.15, -0.1) is 11.3 Å². The second kappa shape index (κ2) is 8.50. The van der Waals surface area contributed by atoms with Crippen molar-refractivity contribution < 1.29 is 14.7 Å². The van der Waals surface area contributed by atoms with Crippen LogP contribution in [0.2, 0.25) is 0 Å². The molecule has 3 rings (SSSR count). The summed E-state index contributed by atoms with van der Waals surface area (Å²) in [5, 5.41) is 12.4. The molecule has 1 atom stereocenters. The molecule has 1 amide bonds. The Labute approximate surface area is 163 Å². The van der Waals surface area contributed by atoms with Crippen molar-refractivity contribution in [3.63, 3.8) is 0 Å². The van der Waals surface area contributed by atoms with Crippen molar-refractivity contribution in [2.45, 2.75) is 19.9 Å². The minimum absolute atomic E-state index is 0.174. The van der Waals surface area contributed by atoms with Crippen LogP contribution in [-0.2, 0) is 4.79 Å². The quantitative estimate of drug-likeness (QED) is 0.706. The molecule has 0 aliphatic carbocycles. The van der Waals surface area contributed by atoms with Gasteiger partial charge in [0, 0.05) is 13.1 Å². The van der Waals surface area contributed by atoms with Crippen LogP contribution in [0.5, 0.6) is 0 Å². The van der Waals surface area contributed by atoms with E-state index in [0.717, 1.165) is 18.7 Å². The third-order valence-corrected chi connectivity index (χ3v) is 5.83. The zero-order valence-electron chi connectivity index (χ0n) is 15.6. The predicted molar refractivity (Wildman–Crippen MR) is 107 cm³/mol. The van der Waals surface area contributed by atoms with Crippen molar-refractivity contribution in [3.05, 3.63) is 69.6 Å². The van der Waals surface area contributed by atoms with E-state index in [-0.39, 0.29) is 11.4 Å². The Morgan fingerprint density at radius 2 is 1.85 bits per heavy atom. The van der Waals surface area contributed by atoms with Gasteiger partial charge in [-0.05, 0) is 30.1 Å². The van der Waals surface area contributed by atoms with Gasteiger partial charge >= 0.3 is 0 Å². The molecule has 1 aromatic heterocycles. The summed E-state index contributed by atoms with van der Waals surface area (Å²) in [5.41, 5.74) is 1.00. The normalized spacial score (nSPS) is 17.2. The van der Waals surface area contributed by atoms with Crippen molar-refractivity contribution >= 4 is 23.0 Å². The number of Topliss-reactive ketones (excluding diaryl/α,β-unsaturated/α-hetero) is 1. The Hall–Kier alpha value is -2.44. The average molecular weight is 385 g/mol. The molecule has 0 unspecified atom stereocenters. The van der Waals surface area contributed by atoms with Crippen LogP contribution in [0.15, 0.2) is 59.2 Å². The monoisotopic (exact) mass is 384 g/mol. The van der Waals surface area contributed by atoms with Crippen LogP contribution in [0.4, 0.5) is 0 Å². The molecule has 142 valence electrons. The van der Waals surface area contributed by atoms with Crippen LogP contribution in [0.1, 0.15) is 35.1 Å². The molecule has 0 saturated heterocycles. The van der Waals surface area contributed by atoms with Gasteiger partial charge < -0.3 is 14.9 Å². The molecule has 0 bridgehead atoms. The number of amides is 1. The number of hydrogen-bond acceptors (Lipinski definition) is 5. The van der Waals surface area contributed by atoms with E-state index >= 15 is 0 Å². The Morgan fingerprint density at radius 3 is 2.44 bits per heavy atom. The van der Waals surface area contributed by atoms with E-state index < -0.39 is 17.7 Å². The lowest BCUT2D eigenvalue weighted by atomic mass is 9.95.